The number of carbonyl (C=O) groups is 1. The highest BCUT2D eigenvalue weighted by Gasteiger charge is 1.94. The van der Waals surface area contributed by atoms with Crippen LogP contribution in [-0.2, 0) is 6.42 Å². The predicted octanol–water partition coefficient (Wildman–Crippen LogP) is 0.819. The molecule has 12 heavy (non-hydrogen) atoms. The summed E-state index contributed by atoms with van der Waals surface area (Å²) in [6.07, 6.45) is 5.49. The minimum atomic E-state index is 0.172. The van der Waals surface area contributed by atoms with Crippen molar-refractivity contribution in [1.29, 1.82) is 0 Å². The van der Waals surface area contributed by atoms with E-state index in [0.717, 1.165) is 18.3 Å². The Morgan fingerprint density at radius 1 is 1.50 bits per heavy atom. The third-order valence-corrected chi connectivity index (χ3v) is 1.58. The van der Waals surface area contributed by atoms with Gasteiger partial charge in [-0.2, -0.15) is 0 Å². The van der Waals surface area contributed by atoms with Crippen LogP contribution in [0, 0.1) is 0 Å². The molecule has 1 aromatic rings. The van der Waals surface area contributed by atoms with E-state index in [0.29, 0.717) is 12.0 Å². The van der Waals surface area contributed by atoms with Crippen molar-refractivity contribution < 1.29 is 9.90 Å². The van der Waals surface area contributed by atoms with Gasteiger partial charge in [0.15, 0.2) is 6.29 Å². The summed E-state index contributed by atoms with van der Waals surface area (Å²) in [6.45, 7) is 0.172. The van der Waals surface area contributed by atoms with Crippen molar-refractivity contribution in [3.8, 4) is 0 Å². The van der Waals surface area contributed by atoms with E-state index in [2.05, 4.69) is 4.98 Å². The fourth-order valence-electron chi connectivity index (χ4n) is 0.992. The monoisotopic (exact) mass is 165 g/mol. The molecule has 0 saturated heterocycles. The minimum absolute atomic E-state index is 0.172. The molecule has 0 saturated carbocycles. The topological polar surface area (TPSA) is 50.2 Å². The molecule has 0 atom stereocenters. The van der Waals surface area contributed by atoms with Crippen LogP contribution in [0.25, 0.3) is 0 Å². The lowest BCUT2D eigenvalue weighted by molar-refractivity contribution is 0.112. The van der Waals surface area contributed by atoms with Crippen LogP contribution in [0.2, 0.25) is 0 Å². The number of hydrogen-bond donors (Lipinski definition) is 1. The normalized spacial score (nSPS) is 9.75. The lowest BCUT2D eigenvalue weighted by Crippen LogP contribution is -1.92. The number of aromatic nitrogens is 1. The van der Waals surface area contributed by atoms with Gasteiger partial charge in [0.1, 0.15) is 0 Å². The molecule has 1 aromatic heterocycles. The third kappa shape index (κ3) is 2.43. The number of aldehydes is 1. The van der Waals surface area contributed by atoms with Crippen LogP contribution in [0.3, 0.4) is 0 Å². The molecule has 0 unspecified atom stereocenters. The number of pyridine rings is 1. The van der Waals surface area contributed by atoms with Gasteiger partial charge in [0.05, 0.1) is 0 Å². The third-order valence-electron chi connectivity index (χ3n) is 1.58. The second-order valence-electron chi connectivity index (χ2n) is 2.57. The first-order valence-corrected chi connectivity index (χ1v) is 3.87. The summed E-state index contributed by atoms with van der Waals surface area (Å²) in [5, 5.41) is 8.56. The Hall–Kier alpha value is -1.22. The second kappa shape index (κ2) is 4.62. The molecule has 0 aliphatic rings. The fourth-order valence-corrected chi connectivity index (χ4v) is 0.992. The molecule has 3 nitrogen and oxygen atoms in total. The lowest BCUT2D eigenvalue weighted by atomic mass is 10.1. The van der Waals surface area contributed by atoms with E-state index >= 15 is 0 Å². The number of rotatable bonds is 4. The molecule has 0 aliphatic carbocycles. The fraction of sp³-hybridized carbons (Fsp3) is 0.333. The summed E-state index contributed by atoms with van der Waals surface area (Å²) >= 11 is 0. The van der Waals surface area contributed by atoms with Crippen LogP contribution < -0.4 is 0 Å². The Morgan fingerprint density at radius 3 is 3.00 bits per heavy atom. The molecular formula is C9H11NO2. The maximum atomic E-state index is 10.3. The number of aliphatic hydroxyl groups excluding tert-OH is 1. The summed E-state index contributed by atoms with van der Waals surface area (Å²) < 4.78 is 0. The van der Waals surface area contributed by atoms with Crippen LogP contribution >= 0.6 is 0 Å². The van der Waals surface area contributed by atoms with E-state index in [4.69, 9.17) is 5.11 Å². The van der Waals surface area contributed by atoms with Crippen LogP contribution in [0.4, 0.5) is 0 Å². The number of aliphatic hydroxyl groups is 1. The number of hydrogen-bond acceptors (Lipinski definition) is 3. The summed E-state index contributed by atoms with van der Waals surface area (Å²) in [4.78, 5) is 14.2. The largest absolute Gasteiger partial charge is 0.396 e. The molecule has 0 fully saturated rings. The summed E-state index contributed by atoms with van der Waals surface area (Å²) in [5.41, 5.74) is 1.58. The van der Waals surface area contributed by atoms with Gasteiger partial charge in [0.2, 0.25) is 0 Å². The molecule has 64 valence electrons. The van der Waals surface area contributed by atoms with E-state index < -0.39 is 0 Å². The van der Waals surface area contributed by atoms with Crippen LogP contribution in [-0.4, -0.2) is 23.0 Å². The first kappa shape index (κ1) is 8.87. The standard InChI is InChI=1S/C9H11NO2/c11-3-1-2-8-4-9(7-12)6-10-5-8/h4-7,11H,1-3H2. The number of aryl methyl sites for hydroxylation is 1. The highest BCUT2D eigenvalue weighted by atomic mass is 16.2. The first-order chi connectivity index (χ1) is 5.86. The zero-order valence-corrected chi connectivity index (χ0v) is 6.73. The average Bonchev–Trinajstić information content (AvgIpc) is 2.15. The van der Waals surface area contributed by atoms with Crippen molar-refractivity contribution in [2.24, 2.45) is 0 Å². The smallest absolute Gasteiger partial charge is 0.151 e. The van der Waals surface area contributed by atoms with Crippen molar-refractivity contribution in [3.63, 3.8) is 0 Å². The maximum absolute atomic E-state index is 10.3. The zero-order chi connectivity index (χ0) is 8.81. The van der Waals surface area contributed by atoms with Gasteiger partial charge in [-0.15, -0.1) is 0 Å². The van der Waals surface area contributed by atoms with Crippen LogP contribution in [0.5, 0.6) is 0 Å². The molecule has 0 aliphatic heterocycles. The van der Waals surface area contributed by atoms with Gasteiger partial charge in [-0.05, 0) is 24.5 Å². The average molecular weight is 165 g/mol. The molecule has 0 radical (unpaired) electrons. The van der Waals surface area contributed by atoms with Gasteiger partial charge in [-0.25, -0.2) is 0 Å². The zero-order valence-electron chi connectivity index (χ0n) is 6.73. The Kier molecular flexibility index (Phi) is 3.41. The molecule has 0 amide bonds. The first-order valence-electron chi connectivity index (χ1n) is 3.87. The van der Waals surface area contributed by atoms with Gasteiger partial charge in [0, 0.05) is 24.6 Å². The van der Waals surface area contributed by atoms with Gasteiger partial charge in [-0.3, -0.25) is 9.78 Å². The van der Waals surface area contributed by atoms with E-state index in [1.807, 2.05) is 0 Å². The van der Waals surface area contributed by atoms with Gasteiger partial charge in [0.25, 0.3) is 0 Å². The SMILES string of the molecule is O=Cc1cncc(CCCO)c1. The van der Waals surface area contributed by atoms with Gasteiger partial charge >= 0.3 is 0 Å². The van der Waals surface area contributed by atoms with Gasteiger partial charge < -0.3 is 5.11 Å². The van der Waals surface area contributed by atoms with Crippen molar-refractivity contribution in [2.75, 3.05) is 6.61 Å². The van der Waals surface area contributed by atoms with Crippen molar-refractivity contribution >= 4 is 6.29 Å². The summed E-state index contributed by atoms with van der Waals surface area (Å²) in [5.74, 6) is 0. The quantitative estimate of drug-likeness (QED) is 0.672. The summed E-state index contributed by atoms with van der Waals surface area (Å²) in [7, 11) is 0. The molecular weight excluding hydrogens is 154 g/mol. The van der Waals surface area contributed by atoms with Crippen molar-refractivity contribution in [1.82, 2.24) is 4.98 Å². The van der Waals surface area contributed by atoms with E-state index in [1.165, 1.54) is 6.20 Å². The van der Waals surface area contributed by atoms with Crippen LogP contribution in [0.15, 0.2) is 18.5 Å². The molecule has 1 N–H and O–H groups in total. The Bertz CT molecular complexity index is 260. The predicted molar refractivity (Wildman–Crippen MR) is 45.0 cm³/mol. The molecule has 1 heterocycles. The van der Waals surface area contributed by atoms with E-state index in [1.54, 1.807) is 12.3 Å². The molecule has 0 aromatic carbocycles. The second-order valence-corrected chi connectivity index (χ2v) is 2.57. The highest BCUT2D eigenvalue weighted by molar-refractivity contribution is 5.74. The van der Waals surface area contributed by atoms with E-state index in [9.17, 15) is 4.79 Å². The lowest BCUT2D eigenvalue weighted by Gasteiger charge is -1.98. The van der Waals surface area contributed by atoms with Crippen molar-refractivity contribution in [2.45, 2.75) is 12.8 Å². The van der Waals surface area contributed by atoms with Crippen molar-refractivity contribution in [3.05, 3.63) is 29.6 Å². The van der Waals surface area contributed by atoms with Gasteiger partial charge in [-0.1, -0.05) is 0 Å². The maximum Gasteiger partial charge on any atom is 0.151 e. The van der Waals surface area contributed by atoms with E-state index in [-0.39, 0.29) is 6.61 Å². The molecule has 0 spiro atoms. The Labute approximate surface area is 71.1 Å². The number of nitrogens with zero attached hydrogens (tertiary/aromatic N) is 1. The molecule has 0 bridgehead atoms. The summed E-state index contributed by atoms with van der Waals surface area (Å²) in [6, 6.07) is 1.79. The van der Waals surface area contributed by atoms with Crippen LogP contribution in [0.1, 0.15) is 22.3 Å². The Balaban J connectivity index is 2.66. The molecule has 1 rings (SSSR count). The number of carbonyl (C=O) groups excluding carboxylic acids is 1. The minimum Gasteiger partial charge on any atom is -0.396 e. The Morgan fingerprint density at radius 2 is 2.33 bits per heavy atom. The molecule has 3 heteroatoms. The highest BCUT2D eigenvalue weighted by Crippen LogP contribution is 2.02.